The van der Waals surface area contributed by atoms with Crippen LogP contribution in [0.5, 0.6) is 5.75 Å². The first kappa shape index (κ1) is 23.8. The van der Waals surface area contributed by atoms with E-state index in [4.69, 9.17) is 32.7 Å². The Kier molecular flexibility index (Phi) is 7.20. The molecule has 0 aliphatic rings. The lowest BCUT2D eigenvalue weighted by molar-refractivity contribution is 0.0524. The maximum atomic E-state index is 13.3. The van der Waals surface area contributed by atoms with E-state index in [2.05, 4.69) is 0 Å². The zero-order chi connectivity index (χ0) is 24.2. The Morgan fingerprint density at radius 2 is 1.71 bits per heavy atom. The average Bonchev–Trinajstić information content (AvgIpc) is 2.83. The molecule has 4 rings (SSSR count). The number of pyridine rings is 1. The molecule has 34 heavy (non-hydrogen) atoms. The molecule has 3 aromatic carbocycles. The van der Waals surface area contributed by atoms with Gasteiger partial charge in [-0.15, -0.1) is 0 Å². The molecule has 0 radical (unpaired) electrons. The highest BCUT2D eigenvalue weighted by Crippen LogP contribution is 2.25. The highest BCUT2D eigenvalue weighted by atomic mass is 35.5. The van der Waals surface area contributed by atoms with Crippen molar-refractivity contribution in [3.8, 4) is 5.75 Å². The van der Waals surface area contributed by atoms with Crippen molar-refractivity contribution in [1.29, 1.82) is 0 Å². The fraction of sp³-hybridized carbons (Fsp3) is 0.154. The van der Waals surface area contributed by atoms with Crippen molar-refractivity contribution in [3.63, 3.8) is 0 Å². The number of carbonyl (C=O) groups is 1. The van der Waals surface area contributed by atoms with E-state index in [-0.39, 0.29) is 24.6 Å². The first-order valence-corrected chi connectivity index (χ1v) is 11.3. The van der Waals surface area contributed by atoms with Gasteiger partial charge in [-0.05, 0) is 60.5 Å². The van der Waals surface area contributed by atoms with Crippen LogP contribution in [0.3, 0.4) is 0 Å². The molecule has 0 N–H and O–H groups in total. The van der Waals surface area contributed by atoms with Gasteiger partial charge in [-0.2, -0.15) is 0 Å². The molecule has 0 aliphatic carbocycles. The predicted octanol–water partition coefficient (Wildman–Crippen LogP) is 6.25. The van der Waals surface area contributed by atoms with E-state index < -0.39 is 11.4 Å². The molecule has 1 aromatic heterocycles. The van der Waals surface area contributed by atoms with Gasteiger partial charge in [0.2, 0.25) is 5.43 Å². The second kappa shape index (κ2) is 10.3. The second-order valence-corrected chi connectivity index (χ2v) is 8.38. The average molecular weight is 500 g/mol. The van der Waals surface area contributed by atoms with Crippen molar-refractivity contribution < 1.29 is 18.7 Å². The molecule has 4 aromatic rings. The maximum Gasteiger partial charge on any atom is 0.343 e. The van der Waals surface area contributed by atoms with Crippen LogP contribution in [0.1, 0.15) is 28.4 Å². The molecular weight excluding hydrogens is 480 g/mol. The number of nitrogens with zero attached hydrogens (tertiary/aromatic N) is 1. The Balaban J connectivity index is 1.73. The molecule has 0 saturated heterocycles. The minimum absolute atomic E-state index is 0.0851. The second-order valence-electron chi connectivity index (χ2n) is 7.56. The third-order valence-corrected chi connectivity index (χ3v) is 5.94. The number of hydrogen-bond donors (Lipinski definition) is 0. The summed E-state index contributed by atoms with van der Waals surface area (Å²) < 4.78 is 26.0. The summed E-state index contributed by atoms with van der Waals surface area (Å²) in [5.74, 6) is -0.598. The molecule has 174 valence electrons. The number of carbonyl (C=O) groups excluding carboxylic acids is 1. The molecule has 0 amide bonds. The molecular formula is C26H20Cl2FNO4. The van der Waals surface area contributed by atoms with Crippen LogP contribution in [0.15, 0.2) is 71.7 Å². The quantitative estimate of drug-likeness (QED) is 0.282. The van der Waals surface area contributed by atoms with Crippen molar-refractivity contribution >= 4 is 40.1 Å². The minimum Gasteiger partial charge on any atom is -0.489 e. The highest BCUT2D eigenvalue weighted by molar-refractivity contribution is 6.42. The van der Waals surface area contributed by atoms with Gasteiger partial charge >= 0.3 is 5.97 Å². The molecule has 0 fully saturated rings. The van der Waals surface area contributed by atoms with E-state index in [1.807, 2.05) is 0 Å². The van der Waals surface area contributed by atoms with Gasteiger partial charge in [0.1, 0.15) is 23.7 Å². The van der Waals surface area contributed by atoms with Crippen molar-refractivity contribution in [1.82, 2.24) is 4.57 Å². The SMILES string of the molecule is CCOC(=O)c1cn(Cc2ccc(F)cc2)c2ccc(OCc3ccc(Cl)c(Cl)c3)cc2c1=O. The van der Waals surface area contributed by atoms with Crippen molar-refractivity contribution in [2.24, 2.45) is 0 Å². The summed E-state index contributed by atoms with van der Waals surface area (Å²) in [6.07, 6.45) is 1.47. The zero-order valence-electron chi connectivity index (χ0n) is 18.2. The first-order valence-electron chi connectivity index (χ1n) is 10.5. The van der Waals surface area contributed by atoms with Crippen LogP contribution in [0, 0.1) is 5.82 Å². The Hall–Kier alpha value is -3.35. The van der Waals surface area contributed by atoms with Gasteiger partial charge in [0.15, 0.2) is 0 Å². The summed E-state index contributed by atoms with van der Waals surface area (Å²) in [5.41, 5.74) is 1.68. The normalized spacial score (nSPS) is 10.9. The van der Waals surface area contributed by atoms with E-state index in [9.17, 15) is 14.0 Å². The number of benzene rings is 3. The predicted molar refractivity (Wildman–Crippen MR) is 130 cm³/mol. The zero-order valence-corrected chi connectivity index (χ0v) is 19.7. The van der Waals surface area contributed by atoms with Gasteiger partial charge in [0.05, 0.1) is 27.6 Å². The number of fused-ring (bicyclic) bond motifs is 1. The van der Waals surface area contributed by atoms with Crippen molar-refractivity contribution in [2.75, 3.05) is 6.61 Å². The summed E-state index contributed by atoms with van der Waals surface area (Å²) in [6, 6.07) is 16.3. The smallest absolute Gasteiger partial charge is 0.343 e. The summed E-state index contributed by atoms with van der Waals surface area (Å²) in [7, 11) is 0. The molecule has 0 atom stereocenters. The molecule has 0 bridgehead atoms. The third-order valence-electron chi connectivity index (χ3n) is 5.20. The number of hydrogen-bond acceptors (Lipinski definition) is 4. The number of ether oxygens (including phenoxy) is 2. The van der Waals surface area contributed by atoms with Crippen LogP contribution in [0.2, 0.25) is 10.0 Å². The monoisotopic (exact) mass is 499 g/mol. The molecule has 5 nitrogen and oxygen atoms in total. The van der Waals surface area contributed by atoms with Gasteiger partial charge in [-0.3, -0.25) is 4.79 Å². The van der Waals surface area contributed by atoms with Gasteiger partial charge < -0.3 is 14.0 Å². The molecule has 0 saturated carbocycles. The summed E-state index contributed by atoms with van der Waals surface area (Å²) >= 11 is 12.0. The molecule has 1 heterocycles. The van der Waals surface area contributed by atoms with Gasteiger partial charge in [0, 0.05) is 12.7 Å². The Labute approximate surface area is 205 Å². The first-order chi connectivity index (χ1) is 16.4. The van der Waals surface area contributed by atoms with E-state index >= 15 is 0 Å². The molecule has 0 unspecified atom stereocenters. The van der Waals surface area contributed by atoms with Gasteiger partial charge in [-0.1, -0.05) is 41.4 Å². The number of halogens is 3. The number of esters is 1. The summed E-state index contributed by atoms with van der Waals surface area (Å²) in [4.78, 5) is 25.6. The van der Waals surface area contributed by atoms with Crippen LogP contribution in [0.4, 0.5) is 4.39 Å². The summed E-state index contributed by atoms with van der Waals surface area (Å²) in [6.45, 7) is 2.35. The number of rotatable bonds is 7. The van der Waals surface area contributed by atoms with Crippen LogP contribution < -0.4 is 10.2 Å². The van der Waals surface area contributed by atoms with Gasteiger partial charge in [0.25, 0.3) is 0 Å². The minimum atomic E-state index is -0.704. The largest absolute Gasteiger partial charge is 0.489 e. The summed E-state index contributed by atoms with van der Waals surface area (Å²) in [5, 5.41) is 1.17. The van der Waals surface area contributed by atoms with Gasteiger partial charge in [-0.25, -0.2) is 9.18 Å². The van der Waals surface area contributed by atoms with Crippen LogP contribution in [0.25, 0.3) is 10.9 Å². The van der Waals surface area contributed by atoms with E-state index in [1.165, 1.54) is 18.3 Å². The van der Waals surface area contributed by atoms with Crippen LogP contribution in [-0.4, -0.2) is 17.1 Å². The standard InChI is InChI=1S/C26H20Cl2FNO4/c1-2-33-26(32)21-14-30(13-16-3-6-18(29)7-4-16)24-10-8-19(12-20(24)25(21)31)34-15-17-5-9-22(27)23(28)11-17/h3-12,14H,2,13,15H2,1H3. The molecule has 0 aliphatic heterocycles. The lowest BCUT2D eigenvalue weighted by atomic mass is 10.1. The maximum absolute atomic E-state index is 13.3. The fourth-order valence-electron chi connectivity index (χ4n) is 3.53. The lowest BCUT2D eigenvalue weighted by Gasteiger charge is -2.15. The Morgan fingerprint density at radius 3 is 2.41 bits per heavy atom. The lowest BCUT2D eigenvalue weighted by Crippen LogP contribution is -2.21. The van der Waals surface area contributed by atoms with Crippen LogP contribution in [-0.2, 0) is 17.9 Å². The topological polar surface area (TPSA) is 57.5 Å². The molecule has 8 heteroatoms. The fourth-order valence-corrected chi connectivity index (χ4v) is 3.85. The van der Waals surface area contributed by atoms with Crippen molar-refractivity contribution in [2.45, 2.75) is 20.1 Å². The van der Waals surface area contributed by atoms with Crippen LogP contribution >= 0.6 is 23.2 Å². The molecule has 0 spiro atoms. The third kappa shape index (κ3) is 5.24. The highest BCUT2D eigenvalue weighted by Gasteiger charge is 2.17. The number of aromatic nitrogens is 1. The Morgan fingerprint density at radius 1 is 0.971 bits per heavy atom. The van der Waals surface area contributed by atoms with Crippen molar-refractivity contribution in [3.05, 3.63) is 110 Å². The van der Waals surface area contributed by atoms with E-state index in [0.29, 0.717) is 33.2 Å². The Bertz CT molecular complexity index is 1420. The van der Waals surface area contributed by atoms with E-state index in [0.717, 1.165) is 11.1 Å². The van der Waals surface area contributed by atoms with E-state index in [1.54, 1.807) is 60.0 Å².